The highest BCUT2D eigenvalue weighted by Crippen LogP contribution is 2.25. The molecule has 6 heteroatoms. The van der Waals surface area contributed by atoms with Crippen LogP contribution < -0.4 is 10.1 Å². The number of aromatic nitrogens is 3. The van der Waals surface area contributed by atoms with Gasteiger partial charge < -0.3 is 10.1 Å². The summed E-state index contributed by atoms with van der Waals surface area (Å²) in [5.41, 5.74) is 4.39. The molecule has 5 nitrogen and oxygen atoms in total. The average molecular weight is 252 g/mol. The molecule has 2 rings (SSSR count). The van der Waals surface area contributed by atoms with Crippen LogP contribution in [0.25, 0.3) is 0 Å². The summed E-state index contributed by atoms with van der Waals surface area (Å²) in [5.74, 6) is 0.647. The van der Waals surface area contributed by atoms with Crippen LogP contribution in [0.3, 0.4) is 0 Å². The maximum absolute atomic E-state index is 5.16. The molecule has 0 aliphatic carbocycles. The van der Waals surface area contributed by atoms with Crippen LogP contribution in [0, 0.1) is 13.8 Å². The Morgan fingerprint density at radius 3 is 2.82 bits per heavy atom. The zero-order valence-corrected chi connectivity index (χ0v) is 11.3. The highest BCUT2D eigenvalue weighted by Gasteiger charge is 2.11. The van der Waals surface area contributed by atoms with E-state index in [2.05, 4.69) is 21.7 Å². The van der Waals surface area contributed by atoms with Gasteiger partial charge in [-0.3, -0.25) is 4.68 Å². The van der Waals surface area contributed by atoms with Crippen molar-refractivity contribution < 1.29 is 4.74 Å². The van der Waals surface area contributed by atoms with Gasteiger partial charge in [-0.25, -0.2) is 0 Å². The van der Waals surface area contributed by atoms with Gasteiger partial charge in [0, 0.05) is 30.2 Å². The van der Waals surface area contributed by atoms with Crippen LogP contribution in [0.4, 0.5) is 5.69 Å². The number of ether oxygens (including phenoxy) is 1. The normalized spacial score (nSPS) is 10.6. The number of hydrogen-bond donors (Lipinski definition) is 1. The third kappa shape index (κ3) is 2.26. The van der Waals surface area contributed by atoms with Gasteiger partial charge in [-0.15, -0.1) is 0 Å². The Kier molecular flexibility index (Phi) is 3.33. The first-order valence-electron chi connectivity index (χ1n) is 5.34. The van der Waals surface area contributed by atoms with Gasteiger partial charge in [-0.2, -0.15) is 9.47 Å². The lowest BCUT2D eigenvalue weighted by Crippen LogP contribution is -2.02. The minimum absolute atomic E-state index is 0.647. The summed E-state index contributed by atoms with van der Waals surface area (Å²) >= 11 is 1.38. The van der Waals surface area contributed by atoms with Crippen molar-refractivity contribution in [1.82, 2.24) is 14.2 Å². The number of methoxy groups -OCH3 is 1. The fraction of sp³-hybridized carbons (Fsp3) is 0.455. The zero-order valence-electron chi connectivity index (χ0n) is 10.4. The topological polar surface area (TPSA) is 52.0 Å². The van der Waals surface area contributed by atoms with E-state index in [-0.39, 0.29) is 0 Å². The smallest absolute Gasteiger partial charge is 0.248 e. The van der Waals surface area contributed by atoms with Crippen molar-refractivity contribution in [1.29, 1.82) is 0 Å². The largest absolute Gasteiger partial charge is 0.479 e. The molecule has 0 saturated carbocycles. The van der Waals surface area contributed by atoms with Crippen molar-refractivity contribution in [3.05, 3.63) is 22.3 Å². The number of aryl methyl sites for hydroxylation is 2. The Balaban J connectivity index is 2.12. The third-order valence-corrected chi connectivity index (χ3v) is 3.46. The second-order valence-corrected chi connectivity index (χ2v) is 4.49. The Hall–Kier alpha value is -1.56. The van der Waals surface area contributed by atoms with Crippen LogP contribution in [-0.4, -0.2) is 21.3 Å². The van der Waals surface area contributed by atoms with E-state index in [1.807, 2.05) is 24.0 Å². The van der Waals surface area contributed by atoms with Crippen LogP contribution in [0.2, 0.25) is 0 Å². The monoisotopic (exact) mass is 252 g/mol. The molecule has 0 unspecified atom stereocenters. The second-order valence-electron chi connectivity index (χ2n) is 3.86. The molecule has 0 aliphatic heterocycles. The summed E-state index contributed by atoms with van der Waals surface area (Å²) in [5, 5.41) is 9.65. The number of nitrogens with one attached hydrogen (secondary N) is 1. The summed E-state index contributed by atoms with van der Waals surface area (Å²) in [7, 11) is 3.58. The summed E-state index contributed by atoms with van der Waals surface area (Å²) in [6.07, 6.45) is 0. The number of nitrogens with zero attached hydrogens (tertiary/aromatic N) is 3. The summed E-state index contributed by atoms with van der Waals surface area (Å²) in [6, 6.07) is 0. The van der Waals surface area contributed by atoms with Crippen molar-refractivity contribution in [3.8, 4) is 5.88 Å². The van der Waals surface area contributed by atoms with E-state index < -0.39 is 0 Å². The molecular formula is C11H16N4OS. The molecule has 92 valence electrons. The van der Waals surface area contributed by atoms with Gasteiger partial charge in [0.25, 0.3) is 0 Å². The highest BCUT2D eigenvalue weighted by atomic mass is 32.1. The van der Waals surface area contributed by atoms with Gasteiger partial charge in [-0.05, 0) is 25.4 Å². The molecule has 17 heavy (non-hydrogen) atoms. The van der Waals surface area contributed by atoms with Crippen LogP contribution >= 0.6 is 11.5 Å². The number of rotatable bonds is 4. The molecule has 2 aromatic heterocycles. The number of anilines is 1. The molecule has 0 atom stereocenters. The number of hydrogen-bond acceptors (Lipinski definition) is 5. The van der Waals surface area contributed by atoms with Crippen molar-refractivity contribution in [2.75, 3.05) is 12.4 Å². The first kappa shape index (κ1) is 11.9. The fourth-order valence-electron chi connectivity index (χ4n) is 1.75. The summed E-state index contributed by atoms with van der Waals surface area (Å²) in [6.45, 7) is 4.83. The van der Waals surface area contributed by atoms with Crippen molar-refractivity contribution in [2.24, 2.45) is 7.05 Å². The van der Waals surface area contributed by atoms with E-state index in [0.717, 1.165) is 17.9 Å². The van der Waals surface area contributed by atoms with Gasteiger partial charge in [0.15, 0.2) is 0 Å². The van der Waals surface area contributed by atoms with Crippen molar-refractivity contribution >= 4 is 17.2 Å². The Morgan fingerprint density at radius 1 is 1.47 bits per heavy atom. The Morgan fingerprint density at radius 2 is 2.24 bits per heavy atom. The Bertz CT molecular complexity index is 518. The first-order chi connectivity index (χ1) is 8.13. The molecule has 0 bridgehead atoms. The molecule has 1 N–H and O–H groups in total. The molecule has 0 fully saturated rings. The zero-order chi connectivity index (χ0) is 12.4. The molecule has 0 aromatic carbocycles. The SMILES string of the molecule is COc1nscc1NCc1c(C)nn(C)c1C. The lowest BCUT2D eigenvalue weighted by molar-refractivity contribution is 0.404. The highest BCUT2D eigenvalue weighted by molar-refractivity contribution is 7.04. The molecule has 0 radical (unpaired) electrons. The van der Waals surface area contributed by atoms with Gasteiger partial charge in [0.05, 0.1) is 12.8 Å². The molecule has 0 spiro atoms. The third-order valence-electron chi connectivity index (χ3n) is 2.84. The van der Waals surface area contributed by atoms with Crippen molar-refractivity contribution in [2.45, 2.75) is 20.4 Å². The van der Waals surface area contributed by atoms with Gasteiger partial charge >= 0.3 is 0 Å². The van der Waals surface area contributed by atoms with Crippen LogP contribution in [0.15, 0.2) is 5.38 Å². The lowest BCUT2D eigenvalue weighted by Gasteiger charge is -2.06. The minimum atomic E-state index is 0.647. The average Bonchev–Trinajstić information content (AvgIpc) is 2.84. The minimum Gasteiger partial charge on any atom is -0.479 e. The van der Waals surface area contributed by atoms with Crippen LogP contribution in [-0.2, 0) is 13.6 Å². The quantitative estimate of drug-likeness (QED) is 0.905. The second kappa shape index (κ2) is 4.75. The van der Waals surface area contributed by atoms with E-state index in [0.29, 0.717) is 5.88 Å². The maximum atomic E-state index is 5.16. The first-order valence-corrected chi connectivity index (χ1v) is 6.18. The standard InChI is InChI=1S/C11H16N4OS/c1-7-9(8(2)15(3)13-7)5-12-10-6-17-14-11(10)16-4/h6,12H,5H2,1-4H3. The molecule has 0 saturated heterocycles. The van der Waals surface area contributed by atoms with E-state index in [1.54, 1.807) is 7.11 Å². The summed E-state index contributed by atoms with van der Waals surface area (Å²) in [4.78, 5) is 0. The van der Waals surface area contributed by atoms with E-state index >= 15 is 0 Å². The van der Waals surface area contributed by atoms with Crippen LogP contribution in [0.1, 0.15) is 17.0 Å². The molecule has 2 heterocycles. The lowest BCUT2D eigenvalue weighted by atomic mass is 10.2. The van der Waals surface area contributed by atoms with Gasteiger partial charge in [0.1, 0.15) is 5.69 Å². The van der Waals surface area contributed by atoms with Crippen LogP contribution in [0.5, 0.6) is 5.88 Å². The van der Waals surface area contributed by atoms with Gasteiger partial charge in [0.2, 0.25) is 5.88 Å². The predicted octanol–water partition coefficient (Wildman–Crippen LogP) is 2.11. The summed E-state index contributed by atoms with van der Waals surface area (Å²) < 4.78 is 11.2. The van der Waals surface area contributed by atoms with E-state index in [1.165, 1.54) is 22.8 Å². The molecule has 0 amide bonds. The van der Waals surface area contributed by atoms with E-state index in [9.17, 15) is 0 Å². The van der Waals surface area contributed by atoms with E-state index in [4.69, 9.17) is 4.74 Å². The fourth-order valence-corrected chi connectivity index (χ4v) is 2.36. The van der Waals surface area contributed by atoms with Gasteiger partial charge in [-0.1, -0.05) is 0 Å². The maximum Gasteiger partial charge on any atom is 0.248 e. The van der Waals surface area contributed by atoms with Crippen molar-refractivity contribution in [3.63, 3.8) is 0 Å². The Labute approximate surface area is 105 Å². The molecular weight excluding hydrogens is 236 g/mol. The predicted molar refractivity (Wildman–Crippen MR) is 68.7 cm³/mol. The molecule has 2 aromatic rings. The molecule has 0 aliphatic rings.